The van der Waals surface area contributed by atoms with Crippen molar-refractivity contribution in [3.05, 3.63) is 35.4 Å². The molecule has 0 saturated heterocycles. The van der Waals surface area contributed by atoms with Gasteiger partial charge in [0.15, 0.2) is 8.46 Å². The first-order valence-corrected chi connectivity index (χ1v) is 6.89. The van der Waals surface area contributed by atoms with Crippen molar-refractivity contribution in [2.45, 2.75) is 45.4 Å². The molecule has 17 heavy (non-hydrogen) atoms. The minimum atomic E-state index is -0.290. The van der Waals surface area contributed by atoms with Crippen molar-refractivity contribution in [1.82, 2.24) is 0 Å². The Labute approximate surface area is 106 Å². The van der Waals surface area contributed by atoms with Gasteiger partial charge in [0, 0.05) is 0 Å². The van der Waals surface area contributed by atoms with Crippen LogP contribution < -0.4 is 0 Å². The van der Waals surface area contributed by atoms with Crippen molar-refractivity contribution in [2.75, 3.05) is 6.61 Å². The van der Waals surface area contributed by atoms with Crippen molar-refractivity contribution >= 4 is 8.46 Å². The lowest BCUT2D eigenvalue weighted by molar-refractivity contribution is 0.105. The fraction of sp³-hybridized carbons (Fsp3) is 0.571. The van der Waals surface area contributed by atoms with Crippen LogP contribution in [0.3, 0.4) is 0 Å². The molecule has 94 valence electrons. The summed E-state index contributed by atoms with van der Waals surface area (Å²) in [5.74, 6) is 0. The molecule has 0 aliphatic heterocycles. The summed E-state index contributed by atoms with van der Waals surface area (Å²) < 4.78 is 16.4. The zero-order chi connectivity index (χ0) is 12.7. The van der Waals surface area contributed by atoms with E-state index >= 15 is 0 Å². The number of ether oxygens (including phenoxy) is 1. The van der Waals surface area contributed by atoms with Gasteiger partial charge in [-0.2, -0.15) is 0 Å². The predicted octanol–water partition coefficient (Wildman–Crippen LogP) is 4.23. The first-order valence-electron chi connectivity index (χ1n) is 6.07. The molecule has 3 heteroatoms. The average molecular weight is 252 g/mol. The third-order valence-corrected chi connectivity index (χ3v) is 3.16. The van der Waals surface area contributed by atoms with Crippen LogP contribution in [0.5, 0.6) is 0 Å². The summed E-state index contributed by atoms with van der Waals surface area (Å²) in [4.78, 5) is 0. The Hall–Kier alpha value is -0.720. The first-order chi connectivity index (χ1) is 8.07. The van der Waals surface area contributed by atoms with Gasteiger partial charge in [0.05, 0.1) is 18.4 Å². The lowest BCUT2D eigenvalue weighted by Crippen LogP contribution is -2.19. The smallest absolute Gasteiger partial charge is 0.163 e. The van der Waals surface area contributed by atoms with Crippen LogP contribution in [0.2, 0.25) is 0 Å². The zero-order valence-corrected chi connectivity index (χ0v) is 11.8. The maximum atomic E-state index is 10.8. The Bertz CT molecular complexity index is 344. The Balaban J connectivity index is 2.39. The molecule has 0 aromatic heterocycles. The van der Waals surface area contributed by atoms with E-state index < -0.39 is 0 Å². The molecule has 0 unspecified atom stereocenters. The van der Waals surface area contributed by atoms with Gasteiger partial charge in [0.1, 0.15) is 0 Å². The van der Waals surface area contributed by atoms with Crippen molar-refractivity contribution in [3.8, 4) is 0 Å². The monoisotopic (exact) mass is 252 g/mol. The number of hydrogen-bond donors (Lipinski definition) is 0. The van der Waals surface area contributed by atoms with E-state index in [1.165, 1.54) is 17.5 Å². The summed E-state index contributed by atoms with van der Waals surface area (Å²) >= 11 is 0. The van der Waals surface area contributed by atoms with Gasteiger partial charge in [-0.15, -0.1) is 0 Å². The van der Waals surface area contributed by atoms with Crippen LogP contribution in [-0.2, 0) is 22.3 Å². The third kappa shape index (κ3) is 5.43. The maximum Gasteiger partial charge on any atom is 0.163 e. The van der Waals surface area contributed by atoms with Crippen molar-refractivity contribution in [3.63, 3.8) is 0 Å². The van der Waals surface area contributed by atoms with Crippen LogP contribution in [-0.4, -0.2) is 11.8 Å². The molecule has 0 radical (unpaired) electrons. The van der Waals surface area contributed by atoms with E-state index in [1.54, 1.807) is 0 Å². The minimum absolute atomic E-state index is 0.136. The second-order valence-corrected chi connectivity index (χ2v) is 6.36. The van der Waals surface area contributed by atoms with E-state index in [0.717, 1.165) is 6.42 Å². The highest BCUT2D eigenvalue weighted by Crippen LogP contribution is 2.22. The number of hydrogen-bond acceptors (Lipinski definition) is 2. The fourth-order valence-electron chi connectivity index (χ4n) is 1.54. The molecule has 0 aliphatic carbocycles. The van der Waals surface area contributed by atoms with Gasteiger partial charge in [0.2, 0.25) is 0 Å². The Kier molecular flexibility index (Phi) is 5.80. The lowest BCUT2D eigenvalue weighted by Gasteiger charge is -2.15. The van der Waals surface area contributed by atoms with E-state index in [0.29, 0.717) is 13.2 Å². The summed E-state index contributed by atoms with van der Waals surface area (Å²) in [5, 5.41) is -0.290. The number of rotatable bonds is 7. The fourth-order valence-corrected chi connectivity index (χ4v) is 1.68. The summed E-state index contributed by atoms with van der Waals surface area (Å²) in [6.07, 6.45) is 2.30. The molecular weight excluding hydrogens is 231 g/mol. The molecule has 0 N–H and O–H groups in total. The van der Waals surface area contributed by atoms with Crippen LogP contribution in [0.4, 0.5) is 0 Å². The van der Waals surface area contributed by atoms with Crippen LogP contribution >= 0.6 is 8.46 Å². The standard InChI is InChI=1S/C14H21O2P/c1-4-5-12-6-8-13(9-7-12)10-16-11-14(2,3)17-15/h6-9H,4-5,10-11H2,1-3H3. The highest BCUT2D eigenvalue weighted by molar-refractivity contribution is 7.25. The molecule has 0 fully saturated rings. The SMILES string of the molecule is CCCc1ccc(COCC(C)(C)P=O)cc1. The Morgan fingerprint density at radius 3 is 2.29 bits per heavy atom. The third-order valence-electron chi connectivity index (χ3n) is 2.53. The Morgan fingerprint density at radius 1 is 1.18 bits per heavy atom. The highest BCUT2D eigenvalue weighted by atomic mass is 31.1. The number of benzene rings is 1. The molecule has 1 aromatic carbocycles. The molecular formula is C14H21O2P. The molecule has 1 rings (SSSR count). The lowest BCUT2D eigenvalue weighted by atomic mass is 10.1. The zero-order valence-electron chi connectivity index (χ0n) is 10.9. The van der Waals surface area contributed by atoms with Gasteiger partial charge in [-0.05, 0) is 31.4 Å². The molecule has 0 heterocycles. The van der Waals surface area contributed by atoms with Crippen LogP contribution in [0.15, 0.2) is 24.3 Å². The second kappa shape index (κ2) is 6.88. The predicted molar refractivity (Wildman–Crippen MR) is 71.8 cm³/mol. The van der Waals surface area contributed by atoms with E-state index in [-0.39, 0.29) is 13.6 Å². The largest absolute Gasteiger partial charge is 0.375 e. The van der Waals surface area contributed by atoms with Crippen LogP contribution in [0.25, 0.3) is 0 Å². The molecule has 0 saturated carbocycles. The highest BCUT2D eigenvalue weighted by Gasteiger charge is 2.17. The molecule has 0 aliphatic rings. The molecule has 2 nitrogen and oxygen atoms in total. The summed E-state index contributed by atoms with van der Waals surface area (Å²) in [7, 11) is 0.136. The first kappa shape index (κ1) is 14.3. The van der Waals surface area contributed by atoms with E-state index in [4.69, 9.17) is 4.74 Å². The quantitative estimate of drug-likeness (QED) is 0.679. The molecule has 0 bridgehead atoms. The normalized spacial score (nSPS) is 11.9. The topological polar surface area (TPSA) is 26.3 Å². The minimum Gasteiger partial charge on any atom is -0.375 e. The van der Waals surface area contributed by atoms with Crippen LogP contribution in [0, 0.1) is 0 Å². The summed E-state index contributed by atoms with van der Waals surface area (Å²) in [5.41, 5.74) is 2.54. The van der Waals surface area contributed by atoms with Gasteiger partial charge in [-0.3, -0.25) is 4.57 Å². The number of aryl methyl sites for hydroxylation is 1. The van der Waals surface area contributed by atoms with Gasteiger partial charge >= 0.3 is 0 Å². The molecule has 0 atom stereocenters. The van der Waals surface area contributed by atoms with E-state index in [1.807, 2.05) is 13.8 Å². The van der Waals surface area contributed by atoms with Crippen LogP contribution in [0.1, 0.15) is 38.3 Å². The Morgan fingerprint density at radius 2 is 1.76 bits per heavy atom. The molecule has 0 amide bonds. The van der Waals surface area contributed by atoms with Gasteiger partial charge in [0.25, 0.3) is 0 Å². The van der Waals surface area contributed by atoms with Gasteiger partial charge < -0.3 is 4.74 Å². The average Bonchev–Trinajstić information content (AvgIpc) is 2.32. The maximum absolute atomic E-state index is 10.8. The van der Waals surface area contributed by atoms with Crippen molar-refractivity contribution < 1.29 is 9.30 Å². The second-order valence-electron chi connectivity index (χ2n) is 4.96. The molecule has 0 spiro atoms. The van der Waals surface area contributed by atoms with Gasteiger partial charge in [-0.1, -0.05) is 37.6 Å². The summed E-state index contributed by atoms with van der Waals surface area (Å²) in [6, 6.07) is 8.51. The summed E-state index contributed by atoms with van der Waals surface area (Å²) in [6.45, 7) is 7.12. The van der Waals surface area contributed by atoms with Gasteiger partial charge in [-0.25, -0.2) is 0 Å². The van der Waals surface area contributed by atoms with Crippen molar-refractivity contribution in [1.29, 1.82) is 0 Å². The van der Waals surface area contributed by atoms with E-state index in [2.05, 4.69) is 31.2 Å². The molecule has 1 aromatic rings. The van der Waals surface area contributed by atoms with Crippen molar-refractivity contribution in [2.24, 2.45) is 0 Å². The van der Waals surface area contributed by atoms with E-state index in [9.17, 15) is 4.57 Å².